The van der Waals surface area contributed by atoms with Gasteiger partial charge in [0, 0.05) is 35.6 Å². The number of halogens is 25. The number of rotatable bonds is 22. The first-order chi connectivity index (χ1) is 52.0. The van der Waals surface area contributed by atoms with Crippen LogP contribution in [-0.2, 0) is 68.2 Å². The third-order valence-electron chi connectivity index (χ3n) is 15.0. The lowest BCUT2D eigenvalue weighted by Crippen LogP contribution is -2.50. The number of nitrogens with zero attached hydrogens (tertiary/aromatic N) is 2. The molecular weight excluding hydrogens is 1600 g/mol. The Bertz CT molecular complexity index is 3680. The van der Waals surface area contributed by atoms with Gasteiger partial charge in [0.25, 0.3) is 5.91 Å². The zero-order chi connectivity index (χ0) is 86.7. The topological polar surface area (TPSA) is 241 Å². The van der Waals surface area contributed by atoms with Crippen LogP contribution in [0.1, 0.15) is 47.8 Å². The van der Waals surface area contributed by atoms with Gasteiger partial charge in [0.05, 0.1) is 57.9 Å². The summed E-state index contributed by atoms with van der Waals surface area (Å²) < 4.78 is 347. The fourth-order valence-electron chi connectivity index (χ4n) is 9.45. The van der Waals surface area contributed by atoms with E-state index in [9.17, 15) is 129 Å². The monoisotopic (exact) mass is 1670 g/mol. The summed E-state index contributed by atoms with van der Waals surface area (Å²) in [4.78, 5) is 42.9. The predicted molar refractivity (Wildman–Crippen MR) is 346 cm³/mol. The number of amides is 1. The number of benzene rings is 4. The number of fused-ring (bicyclic) bond motifs is 1. The van der Waals surface area contributed by atoms with Crippen LogP contribution < -0.4 is 11.2 Å². The van der Waals surface area contributed by atoms with Crippen LogP contribution in [0.4, 0.5) is 110 Å². The number of ether oxygens (including phenoxy) is 8. The van der Waals surface area contributed by atoms with Crippen molar-refractivity contribution in [2.75, 3.05) is 73.6 Å². The van der Waals surface area contributed by atoms with Crippen molar-refractivity contribution in [3.8, 4) is 0 Å². The Morgan fingerprint density at radius 3 is 1.31 bits per heavy atom. The molecule has 4 aliphatic heterocycles. The second kappa shape index (κ2) is 43.4. The maximum Gasteiger partial charge on any atom is 0.418 e. The maximum absolute atomic E-state index is 13.9. The number of nitrogens with one attached hydrogen (secondary N) is 1. The molecular formula is C69H75F25N4O15. The van der Waals surface area contributed by atoms with E-state index in [1.807, 2.05) is 0 Å². The van der Waals surface area contributed by atoms with Crippen molar-refractivity contribution < 1.29 is 182 Å². The SMILES string of the molecule is C=C[C@H](OCC(=NO)c1ccccc1F)C(F)(F)F.C=C[C@H](OCC(=O)N(C)OC)C(F)(F)F.C=C[C@H](OCC(=O)OC(C)(C)C)C(F)(F)F.C=C[C@H](OCC(=O)c1ccccc1F)C(F)(F)F.FC(F)(F)[C@@H]1CO1.Fc1ccccc1[C@]12CO[C@H](C(F)(F)F)[C@H]1CON2.N[C@@]1(c2ccccc2F)CO[C@H](C(F)(F)F)[C@H]1CO. The van der Waals surface area contributed by atoms with Crippen LogP contribution in [0.15, 0.2) is 153 Å². The largest absolute Gasteiger partial charge is 0.458 e. The molecule has 11 atom stereocenters. The van der Waals surface area contributed by atoms with Crippen LogP contribution in [0, 0.1) is 35.1 Å². The smallest absolute Gasteiger partial charge is 0.418 e. The van der Waals surface area contributed by atoms with Gasteiger partial charge in [0.15, 0.2) is 48.5 Å². The van der Waals surface area contributed by atoms with Gasteiger partial charge in [0.1, 0.15) is 59.9 Å². The minimum absolute atomic E-state index is 0.0826. The first-order valence-corrected chi connectivity index (χ1v) is 31.8. The van der Waals surface area contributed by atoms with E-state index < -0.39 is 195 Å². The van der Waals surface area contributed by atoms with Gasteiger partial charge in [-0.05, 0) is 57.2 Å². The third kappa shape index (κ3) is 32.1. The van der Waals surface area contributed by atoms with Gasteiger partial charge >= 0.3 is 49.2 Å². The lowest BCUT2D eigenvalue weighted by molar-refractivity contribution is -0.219. The molecule has 44 heteroatoms. The Hall–Kier alpha value is -8.31. The molecule has 4 aliphatic rings. The number of hydrogen-bond donors (Lipinski definition) is 4. The number of carbonyl (C=O) groups excluding carboxylic acids is 3. The van der Waals surface area contributed by atoms with Gasteiger partial charge in [-0.25, -0.2) is 27.4 Å². The Morgan fingerprint density at radius 1 is 0.558 bits per heavy atom. The molecule has 0 aromatic heterocycles. The summed E-state index contributed by atoms with van der Waals surface area (Å²) in [6.45, 7) is 11.8. The van der Waals surface area contributed by atoms with E-state index >= 15 is 0 Å². The average Bonchev–Trinajstić information content (AvgIpc) is 1.59. The number of nitrogens with two attached hydrogens (primary N) is 1. The number of hydroxylamine groups is 3. The molecule has 1 amide bonds. The summed E-state index contributed by atoms with van der Waals surface area (Å²) in [7, 11) is 2.48. The first kappa shape index (κ1) is 101. The Labute approximate surface area is 627 Å². The minimum atomic E-state index is -4.65. The quantitative estimate of drug-likeness (QED) is 0.00836. The van der Waals surface area contributed by atoms with Crippen LogP contribution in [0.5, 0.6) is 0 Å². The molecule has 4 aromatic carbocycles. The van der Waals surface area contributed by atoms with E-state index in [2.05, 4.69) is 70.2 Å². The lowest BCUT2D eigenvalue weighted by Gasteiger charge is -2.31. The third-order valence-corrected chi connectivity index (χ3v) is 15.0. The molecule has 4 fully saturated rings. The highest BCUT2D eigenvalue weighted by Crippen LogP contribution is 2.49. The fourth-order valence-corrected chi connectivity index (χ4v) is 9.45. The van der Waals surface area contributed by atoms with Gasteiger partial charge in [-0.3, -0.25) is 14.4 Å². The molecule has 4 heterocycles. The van der Waals surface area contributed by atoms with Crippen molar-refractivity contribution in [1.82, 2.24) is 10.5 Å². The van der Waals surface area contributed by atoms with Crippen molar-refractivity contribution in [3.63, 3.8) is 0 Å². The second-order valence-corrected chi connectivity index (χ2v) is 24.3. The number of epoxide rings is 1. The van der Waals surface area contributed by atoms with Gasteiger partial charge < -0.3 is 58.8 Å². The fraction of sp³-hybridized carbons (Fsp3) is 0.478. The van der Waals surface area contributed by atoms with E-state index in [1.54, 1.807) is 26.8 Å². The standard InChI is InChI=1S/C12H11F4NO2.C12H13F4NO2.C12H11F4NO2.C12H10F4O2.C10H15F3O3.C8H12F3NO3.C3H3F3O/c13-9-4-2-1-3-7(9)11-6-18-10(12(14,15)16)8(11)5-19-17-11;13-9-4-2-1-3-7(9)11(17)6-19-10(8(11)5-18)12(14,15)16;1-2-11(12(14,15)16)19-7-10(17-18)8-5-3-4-6-9(8)13;1-2-11(12(14,15)16)18-7-10(17)8-5-3-4-6-9(8)13;1-5-7(10(11,12)13)15-6-8(14)16-9(2,3)4;1-4-6(8(9,10)11)15-5-7(13)12(2)14-3;4-3(5,6)2-1-7-2/h1-4,8,10,17H,5-6H2;1-4,8,10,18H,5-6,17H2;2-6,11,18H,1,7H2;2-6,11H,1,7H2;5,7H,1,6H2,2-4H3;4,6H,1,5H2,2-3H3;2H,1H2/t2*8-,10+,11-;2*11-;7-;6-;2-/m1100000/s1. The molecule has 0 unspecified atom stereocenters. The van der Waals surface area contributed by atoms with Gasteiger partial charge in [0.2, 0.25) is 0 Å². The number of aliphatic hydroxyl groups excluding tert-OH is 1. The van der Waals surface area contributed by atoms with E-state index in [-0.39, 0.29) is 47.8 Å². The summed E-state index contributed by atoms with van der Waals surface area (Å²) in [6, 6.07) is 21.2. The predicted octanol–water partition coefficient (Wildman–Crippen LogP) is 14.5. The summed E-state index contributed by atoms with van der Waals surface area (Å²) >= 11 is 0. The molecule has 0 saturated carbocycles. The molecule has 8 rings (SSSR count). The molecule has 0 spiro atoms. The van der Waals surface area contributed by atoms with Crippen molar-refractivity contribution in [2.45, 2.75) is 123 Å². The molecule has 4 aromatic rings. The molecule has 0 radical (unpaired) electrons. The molecule has 19 nitrogen and oxygen atoms in total. The molecule has 0 aliphatic carbocycles. The van der Waals surface area contributed by atoms with Crippen LogP contribution in [0.25, 0.3) is 0 Å². The highest BCUT2D eigenvalue weighted by atomic mass is 19.4. The van der Waals surface area contributed by atoms with Crippen LogP contribution in [0.2, 0.25) is 0 Å². The molecule has 113 heavy (non-hydrogen) atoms. The van der Waals surface area contributed by atoms with Crippen molar-refractivity contribution in [3.05, 3.63) is 193 Å². The van der Waals surface area contributed by atoms with E-state index in [0.717, 1.165) is 23.3 Å². The molecule has 4 saturated heterocycles. The summed E-state index contributed by atoms with van der Waals surface area (Å²) in [6.07, 6.45) is -43.7. The number of ketones is 1. The summed E-state index contributed by atoms with van der Waals surface area (Å²) in [5, 5.41) is 21.5. The van der Waals surface area contributed by atoms with Crippen LogP contribution in [0.3, 0.4) is 0 Å². The zero-order valence-electron chi connectivity index (χ0n) is 59.6. The number of aliphatic hydroxyl groups is 1. The van der Waals surface area contributed by atoms with Gasteiger partial charge in [-0.15, -0.1) is 26.3 Å². The number of Topliss-reactive ketones (excluding diaryl/α,β-unsaturated/α-hetero) is 1. The lowest BCUT2D eigenvalue weighted by atomic mass is 9.78. The van der Waals surface area contributed by atoms with E-state index in [4.69, 9.17) is 25.3 Å². The Kier molecular flexibility index (Phi) is 38.7. The highest BCUT2D eigenvalue weighted by molar-refractivity contribution is 6.01. The van der Waals surface area contributed by atoms with Crippen molar-refractivity contribution >= 4 is 23.4 Å². The van der Waals surface area contributed by atoms with E-state index in [1.165, 1.54) is 87.0 Å². The van der Waals surface area contributed by atoms with Gasteiger partial charge in [-0.2, -0.15) is 97.7 Å². The van der Waals surface area contributed by atoms with Crippen LogP contribution >= 0.6 is 0 Å². The first-order valence-electron chi connectivity index (χ1n) is 31.8. The summed E-state index contributed by atoms with van der Waals surface area (Å²) in [5.74, 6) is -7.66. The summed E-state index contributed by atoms with van der Waals surface area (Å²) in [5.41, 5.74) is 4.00. The average molecular weight is 1680 g/mol. The number of hydrogen-bond acceptors (Lipinski definition) is 18. The number of carbonyl (C=O) groups is 3. The zero-order valence-corrected chi connectivity index (χ0v) is 59.6. The Morgan fingerprint density at radius 2 is 0.947 bits per heavy atom. The number of likely N-dealkylation sites (N-methyl/N-ethyl adjacent to an activating group) is 1. The number of esters is 1. The Balaban J connectivity index is 0.000000453. The van der Waals surface area contributed by atoms with Crippen molar-refractivity contribution in [1.29, 1.82) is 0 Å². The normalized spacial score (nSPS) is 21.3. The molecule has 0 bridgehead atoms. The minimum Gasteiger partial charge on any atom is -0.458 e. The van der Waals surface area contributed by atoms with Gasteiger partial charge in [-0.1, -0.05) is 90.1 Å². The number of alkyl halides is 21. The highest BCUT2D eigenvalue weighted by Gasteiger charge is 2.64. The van der Waals surface area contributed by atoms with Crippen molar-refractivity contribution in [2.24, 2.45) is 22.7 Å². The maximum atomic E-state index is 13.9. The van der Waals surface area contributed by atoms with E-state index in [0.29, 0.717) is 24.3 Å². The number of oxime groups is 1. The molecule has 636 valence electrons. The molecule has 5 N–H and O–H groups in total. The second-order valence-electron chi connectivity index (χ2n) is 24.3. The van der Waals surface area contributed by atoms with Crippen LogP contribution in [-0.4, -0.2) is 204 Å².